The number of aliphatic hydroxyl groups is 1. The van der Waals surface area contributed by atoms with Crippen molar-refractivity contribution in [2.24, 2.45) is 0 Å². The van der Waals surface area contributed by atoms with Gasteiger partial charge in [0.15, 0.2) is 4.47 Å². The third kappa shape index (κ3) is 2.23. The van der Waals surface area contributed by atoms with Crippen LogP contribution in [0.25, 0.3) is 11.3 Å². The Morgan fingerprint density at radius 3 is 2.80 bits per heavy atom. The van der Waals surface area contributed by atoms with E-state index < -0.39 is 0 Å². The SMILES string of the molecule is OCc1sc(Cl)nc1-c1ccccc1Br. The van der Waals surface area contributed by atoms with Crippen molar-refractivity contribution in [2.75, 3.05) is 0 Å². The molecule has 1 aromatic carbocycles. The number of benzene rings is 1. The lowest BCUT2D eigenvalue weighted by Crippen LogP contribution is -1.85. The number of aliphatic hydroxyl groups excluding tert-OH is 1. The van der Waals surface area contributed by atoms with E-state index in [1.807, 2.05) is 24.3 Å². The Hall–Kier alpha value is -0.420. The zero-order valence-corrected chi connectivity index (χ0v) is 10.7. The van der Waals surface area contributed by atoms with Crippen LogP contribution in [0.15, 0.2) is 28.7 Å². The van der Waals surface area contributed by atoms with Gasteiger partial charge in [0.2, 0.25) is 0 Å². The van der Waals surface area contributed by atoms with Crippen molar-refractivity contribution in [2.45, 2.75) is 6.61 Å². The zero-order chi connectivity index (χ0) is 10.8. The molecule has 78 valence electrons. The van der Waals surface area contributed by atoms with E-state index in [1.165, 1.54) is 11.3 Å². The highest BCUT2D eigenvalue weighted by atomic mass is 79.9. The molecule has 0 saturated carbocycles. The number of halogens is 2. The molecule has 15 heavy (non-hydrogen) atoms. The maximum absolute atomic E-state index is 9.18. The van der Waals surface area contributed by atoms with Crippen LogP contribution in [-0.2, 0) is 6.61 Å². The van der Waals surface area contributed by atoms with Gasteiger partial charge in [-0.25, -0.2) is 4.98 Å². The predicted molar refractivity (Wildman–Crippen MR) is 66.2 cm³/mol. The molecule has 0 unspecified atom stereocenters. The Bertz CT molecular complexity index is 486. The van der Waals surface area contributed by atoms with Crippen LogP contribution < -0.4 is 0 Å². The fourth-order valence-electron chi connectivity index (χ4n) is 1.29. The van der Waals surface area contributed by atoms with Gasteiger partial charge in [0.25, 0.3) is 0 Å². The molecule has 0 aliphatic rings. The Labute approximate surface area is 105 Å². The van der Waals surface area contributed by atoms with Crippen LogP contribution in [0.1, 0.15) is 4.88 Å². The summed E-state index contributed by atoms with van der Waals surface area (Å²) >= 11 is 10.6. The largest absolute Gasteiger partial charge is 0.391 e. The fourth-order valence-corrected chi connectivity index (χ4v) is 2.79. The molecule has 0 amide bonds. The van der Waals surface area contributed by atoms with E-state index in [9.17, 15) is 5.11 Å². The van der Waals surface area contributed by atoms with Gasteiger partial charge in [-0.15, -0.1) is 11.3 Å². The summed E-state index contributed by atoms with van der Waals surface area (Å²) in [6, 6.07) is 7.73. The Kier molecular flexibility index (Phi) is 3.41. The average molecular weight is 305 g/mol. The molecular weight excluding hydrogens is 298 g/mol. The van der Waals surface area contributed by atoms with Gasteiger partial charge in [0.05, 0.1) is 17.2 Å². The van der Waals surface area contributed by atoms with E-state index in [-0.39, 0.29) is 6.61 Å². The van der Waals surface area contributed by atoms with Gasteiger partial charge < -0.3 is 5.11 Å². The average Bonchev–Trinajstić information content (AvgIpc) is 2.60. The summed E-state index contributed by atoms with van der Waals surface area (Å²) in [5.74, 6) is 0. The van der Waals surface area contributed by atoms with E-state index in [2.05, 4.69) is 20.9 Å². The molecule has 2 nitrogen and oxygen atoms in total. The highest BCUT2D eigenvalue weighted by molar-refractivity contribution is 9.10. The molecule has 2 rings (SSSR count). The summed E-state index contributed by atoms with van der Waals surface area (Å²) in [6.07, 6.45) is 0. The van der Waals surface area contributed by atoms with Gasteiger partial charge in [-0.1, -0.05) is 45.7 Å². The molecule has 0 bridgehead atoms. The summed E-state index contributed by atoms with van der Waals surface area (Å²) in [4.78, 5) is 4.99. The molecule has 0 fully saturated rings. The lowest BCUT2D eigenvalue weighted by Gasteiger charge is -2.02. The minimum Gasteiger partial charge on any atom is -0.391 e. The number of aromatic nitrogens is 1. The monoisotopic (exact) mass is 303 g/mol. The summed E-state index contributed by atoms with van der Waals surface area (Å²) < 4.78 is 1.39. The van der Waals surface area contributed by atoms with E-state index in [1.54, 1.807) is 0 Å². The molecule has 0 aliphatic carbocycles. The minimum absolute atomic E-state index is 0.0406. The first kappa shape index (κ1) is 11.1. The molecule has 0 radical (unpaired) electrons. The number of hydrogen-bond acceptors (Lipinski definition) is 3. The van der Waals surface area contributed by atoms with Gasteiger partial charge in [-0.2, -0.15) is 0 Å². The second-order valence-corrected chi connectivity index (χ2v) is 5.40. The quantitative estimate of drug-likeness (QED) is 0.917. The molecule has 0 spiro atoms. The normalized spacial score (nSPS) is 10.6. The van der Waals surface area contributed by atoms with Gasteiger partial charge in [-0.05, 0) is 6.07 Å². The first-order chi connectivity index (χ1) is 7.22. The van der Waals surface area contributed by atoms with E-state index in [4.69, 9.17) is 11.6 Å². The van der Waals surface area contributed by atoms with Gasteiger partial charge in [0.1, 0.15) is 0 Å². The van der Waals surface area contributed by atoms with E-state index in [0.717, 1.165) is 20.6 Å². The molecule has 1 N–H and O–H groups in total. The minimum atomic E-state index is -0.0406. The third-order valence-electron chi connectivity index (χ3n) is 1.94. The van der Waals surface area contributed by atoms with Crippen molar-refractivity contribution in [3.05, 3.63) is 38.1 Å². The van der Waals surface area contributed by atoms with Crippen LogP contribution in [-0.4, -0.2) is 10.1 Å². The Morgan fingerprint density at radius 2 is 2.13 bits per heavy atom. The smallest absolute Gasteiger partial charge is 0.184 e. The molecule has 5 heteroatoms. The predicted octanol–water partition coefficient (Wildman–Crippen LogP) is 3.72. The summed E-state index contributed by atoms with van der Waals surface area (Å²) in [6.45, 7) is -0.0406. The molecule has 0 saturated heterocycles. The van der Waals surface area contributed by atoms with Crippen molar-refractivity contribution in [1.82, 2.24) is 4.98 Å². The van der Waals surface area contributed by atoms with Crippen molar-refractivity contribution in [3.8, 4) is 11.3 Å². The molecule has 1 aromatic heterocycles. The Morgan fingerprint density at radius 1 is 1.40 bits per heavy atom. The zero-order valence-electron chi connectivity index (χ0n) is 7.58. The summed E-state index contributed by atoms with van der Waals surface area (Å²) in [5.41, 5.74) is 1.70. The van der Waals surface area contributed by atoms with Crippen molar-refractivity contribution >= 4 is 38.9 Å². The van der Waals surface area contributed by atoms with Gasteiger partial charge in [0, 0.05) is 10.0 Å². The summed E-state index contributed by atoms with van der Waals surface area (Å²) in [7, 11) is 0. The topological polar surface area (TPSA) is 33.1 Å². The van der Waals surface area contributed by atoms with Crippen molar-refractivity contribution in [3.63, 3.8) is 0 Å². The molecule has 0 atom stereocenters. The Balaban J connectivity index is 2.58. The highest BCUT2D eigenvalue weighted by Crippen LogP contribution is 2.34. The first-order valence-electron chi connectivity index (χ1n) is 4.23. The van der Waals surface area contributed by atoms with Crippen molar-refractivity contribution in [1.29, 1.82) is 0 Å². The number of nitrogens with zero attached hydrogens (tertiary/aromatic N) is 1. The molecular formula is C10H7BrClNOS. The number of hydrogen-bond donors (Lipinski definition) is 1. The third-order valence-corrected chi connectivity index (χ3v) is 3.78. The number of thiazole rings is 1. The van der Waals surface area contributed by atoms with E-state index in [0.29, 0.717) is 4.47 Å². The standard InChI is InChI=1S/C10H7BrClNOS/c11-7-4-2-1-3-6(7)9-8(5-14)15-10(12)13-9/h1-4,14H,5H2. The van der Waals surface area contributed by atoms with Crippen LogP contribution in [0.4, 0.5) is 0 Å². The second-order valence-electron chi connectivity index (χ2n) is 2.88. The molecule has 2 aromatic rings. The fraction of sp³-hybridized carbons (Fsp3) is 0.100. The lowest BCUT2D eigenvalue weighted by molar-refractivity contribution is 0.286. The van der Waals surface area contributed by atoms with Crippen LogP contribution in [0, 0.1) is 0 Å². The molecule has 0 aliphatic heterocycles. The van der Waals surface area contributed by atoms with Crippen LogP contribution >= 0.6 is 38.9 Å². The number of rotatable bonds is 2. The van der Waals surface area contributed by atoms with Gasteiger partial charge in [-0.3, -0.25) is 0 Å². The lowest BCUT2D eigenvalue weighted by atomic mass is 10.1. The maximum atomic E-state index is 9.18. The van der Waals surface area contributed by atoms with Gasteiger partial charge >= 0.3 is 0 Å². The summed E-state index contributed by atoms with van der Waals surface area (Å²) in [5, 5.41) is 9.18. The maximum Gasteiger partial charge on any atom is 0.184 e. The van der Waals surface area contributed by atoms with Crippen LogP contribution in [0.2, 0.25) is 4.47 Å². The van der Waals surface area contributed by atoms with Crippen molar-refractivity contribution < 1.29 is 5.11 Å². The second kappa shape index (κ2) is 4.61. The van der Waals surface area contributed by atoms with Crippen LogP contribution in [0.5, 0.6) is 0 Å². The molecule has 1 heterocycles. The van der Waals surface area contributed by atoms with E-state index >= 15 is 0 Å². The first-order valence-corrected chi connectivity index (χ1v) is 6.22. The van der Waals surface area contributed by atoms with Crippen LogP contribution in [0.3, 0.4) is 0 Å². The highest BCUT2D eigenvalue weighted by Gasteiger charge is 2.13.